The number of amides is 1. The standard InChI is InChI=1S/C14H17BrN2O4/c1-20-14(19)12-8-17(6-7-21-12)9-13(18)16-11-5-3-2-4-10(11)15/h2-5,12H,6-9H2,1H3,(H,16,18). The van der Waals surface area contributed by atoms with Crippen molar-refractivity contribution in [1.29, 1.82) is 0 Å². The van der Waals surface area contributed by atoms with E-state index in [2.05, 4.69) is 26.0 Å². The van der Waals surface area contributed by atoms with Crippen molar-refractivity contribution in [2.75, 3.05) is 38.7 Å². The second kappa shape index (κ2) is 7.53. The lowest BCUT2D eigenvalue weighted by molar-refractivity contribution is -0.160. The van der Waals surface area contributed by atoms with Crippen LogP contribution in [0.4, 0.5) is 5.69 Å². The first-order chi connectivity index (χ1) is 10.1. The molecule has 0 radical (unpaired) electrons. The van der Waals surface area contributed by atoms with Gasteiger partial charge in [-0.25, -0.2) is 4.79 Å². The third-order valence-corrected chi connectivity index (χ3v) is 3.82. The van der Waals surface area contributed by atoms with Crippen LogP contribution in [0.1, 0.15) is 0 Å². The van der Waals surface area contributed by atoms with Gasteiger partial charge in [-0.1, -0.05) is 12.1 Å². The Balaban J connectivity index is 1.88. The highest BCUT2D eigenvalue weighted by atomic mass is 79.9. The molecule has 2 rings (SSSR count). The molecule has 0 aliphatic carbocycles. The first kappa shape index (κ1) is 15.9. The number of ether oxygens (including phenoxy) is 2. The van der Waals surface area contributed by atoms with E-state index in [0.717, 1.165) is 10.2 Å². The first-order valence-electron chi connectivity index (χ1n) is 6.56. The van der Waals surface area contributed by atoms with E-state index in [-0.39, 0.29) is 12.5 Å². The molecule has 7 heteroatoms. The van der Waals surface area contributed by atoms with Crippen LogP contribution in [-0.2, 0) is 19.1 Å². The van der Waals surface area contributed by atoms with Gasteiger partial charge in [0.15, 0.2) is 6.10 Å². The lowest BCUT2D eigenvalue weighted by atomic mass is 10.2. The van der Waals surface area contributed by atoms with Crippen LogP contribution < -0.4 is 5.32 Å². The maximum absolute atomic E-state index is 12.0. The van der Waals surface area contributed by atoms with E-state index in [0.29, 0.717) is 19.7 Å². The highest BCUT2D eigenvalue weighted by Crippen LogP contribution is 2.21. The number of morpholine rings is 1. The van der Waals surface area contributed by atoms with Gasteiger partial charge < -0.3 is 14.8 Å². The zero-order valence-corrected chi connectivity index (χ0v) is 13.3. The summed E-state index contributed by atoms with van der Waals surface area (Å²) < 4.78 is 10.8. The number of benzene rings is 1. The Morgan fingerprint density at radius 2 is 2.24 bits per heavy atom. The smallest absolute Gasteiger partial charge is 0.336 e. The van der Waals surface area contributed by atoms with Crippen LogP contribution in [0.15, 0.2) is 28.7 Å². The van der Waals surface area contributed by atoms with Gasteiger partial charge in [-0.3, -0.25) is 9.69 Å². The fourth-order valence-corrected chi connectivity index (χ4v) is 2.46. The van der Waals surface area contributed by atoms with E-state index >= 15 is 0 Å². The van der Waals surface area contributed by atoms with Crippen LogP contribution in [0, 0.1) is 0 Å². The molecule has 0 aromatic heterocycles. The van der Waals surface area contributed by atoms with Crippen molar-refractivity contribution >= 4 is 33.5 Å². The van der Waals surface area contributed by atoms with Crippen molar-refractivity contribution < 1.29 is 19.1 Å². The maximum atomic E-state index is 12.0. The van der Waals surface area contributed by atoms with Gasteiger partial charge >= 0.3 is 5.97 Å². The molecule has 21 heavy (non-hydrogen) atoms. The minimum Gasteiger partial charge on any atom is -0.467 e. The molecule has 1 atom stereocenters. The van der Waals surface area contributed by atoms with Gasteiger partial charge in [0, 0.05) is 17.6 Å². The second-order valence-electron chi connectivity index (χ2n) is 4.65. The van der Waals surface area contributed by atoms with E-state index in [1.165, 1.54) is 7.11 Å². The average Bonchev–Trinajstić information content (AvgIpc) is 2.49. The third-order valence-electron chi connectivity index (χ3n) is 3.13. The number of hydrogen-bond donors (Lipinski definition) is 1. The maximum Gasteiger partial charge on any atom is 0.336 e. The zero-order chi connectivity index (χ0) is 15.2. The summed E-state index contributed by atoms with van der Waals surface area (Å²) in [5.74, 6) is -0.543. The van der Waals surface area contributed by atoms with Gasteiger partial charge in [0.1, 0.15) is 0 Å². The highest BCUT2D eigenvalue weighted by molar-refractivity contribution is 9.10. The molecule has 1 unspecified atom stereocenters. The van der Waals surface area contributed by atoms with Crippen molar-refractivity contribution in [3.05, 3.63) is 28.7 Å². The minimum absolute atomic E-state index is 0.132. The van der Waals surface area contributed by atoms with Gasteiger partial charge in [-0.2, -0.15) is 0 Å². The second-order valence-corrected chi connectivity index (χ2v) is 5.50. The van der Waals surface area contributed by atoms with E-state index in [1.54, 1.807) is 0 Å². The van der Waals surface area contributed by atoms with E-state index in [9.17, 15) is 9.59 Å². The summed E-state index contributed by atoms with van der Waals surface area (Å²) in [6, 6.07) is 7.40. The Morgan fingerprint density at radius 3 is 2.95 bits per heavy atom. The van der Waals surface area contributed by atoms with Crippen LogP contribution >= 0.6 is 15.9 Å². The molecule has 0 spiro atoms. The summed E-state index contributed by atoms with van der Waals surface area (Å²) in [6.45, 7) is 1.58. The number of para-hydroxylation sites is 1. The van der Waals surface area contributed by atoms with Crippen LogP contribution in [-0.4, -0.2) is 56.2 Å². The van der Waals surface area contributed by atoms with Crippen molar-refractivity contribution in [3.63, 3.8) is 0 Å². The predicted octanol–water partition coefficient (Wildman–Crippen LogP) is 1.26. The molecule has 1 aromatic carbocycles. The number of nitrogens with zero attached hydrogens (tertiary/aromatic N) is 1. The van der Waals surface area contributed by atoms with E-state index in [1.807, 2.05) is 29.2 Å². The molecular formula is C14H17BrN2O4. The van der Waals surface area contributed by atoms with Crippen molar-refractivity contribution in [3.8, 4) is 0 Å². The average molecular weight is 357 g/mol. The Labute approximate surface area is 131 Å². The monoisotopic (exact) mass is 356 g/mol. The summed E-state index contributed by atoms with van der Waals surface area (Å²) in [6.07, 6.45) is -0.625. The van der Waals surface area contributed by atoms with Gasteiger partial charge in [0.05, 0.1) is 25.9 Å². The van der Waals surface area contributed by atoms with Crippen LogP contribution in [0.5, 0.6) is 0 Å². The van der Waals surface area contributed by atoms with E-state index in [4.69, 9.17) is 4.74 Å². The van der Waals surface area contributed by atoms with Crippen molar-refractivity contribution in [2.45, 2.75) is 6.10 Å². The number of carbonyl (C=O) groups is 2. The van der Waals surface area contributed by atoms with Gasteiger partial charge in [-0.05, 0) is 28.1 Å². The van der Waals surface area contributed by atoms with Gasteiger partial charge in [-0.15, -0.1) is 0 Å². The molecule has 1 aliphatic heterocycles. The molecule has 0 bridgehead atoms. The predicted molar refractivity (Wildman–Crippen MR) is 81.0 cm³/mol. The third kappa shape index (κ3) is 4.52. The normalized spacial score (nSPS) is 19.0. The molecule has 1 heterocycles. The van der Waals surface area contributed by atoms with Crippen LogP contribution in [0.25, 0.3) is 0 Å². The number of anilines is 1. The Bertz CT molecular complexity index is 523. The fraction of sp³-hybridized carbons (Fsp3) is 0.429. The molecule has 1 amide bonds. The summed E-state index contributed by atoms with van der Waals surface area (Å²) in [4.78, 5) is 25.4. The molecule has 1 aromatic rings. The Morgan fingerprint density at radius 1 is 1.48 bits per heavy atom. The lowest BCUT2D eigenvalue weighted by Crippen LogP contribution is -2.48. The molecular weight excluding hydrogens is 340 g/mol. The minimum atomic E-state index is -0.625. The quantitative estimate of drug-likeness (QED) is 0.822. The number of methoxy groups -OCH3 is 1. The molecule has 1 N–H and O–H groups in total. The number of carbonyl (C=O) groups excluding carboxylic acids is 2. The summed E-state index contributed by atoms with van der Waals surface area (Å²) >= 11 is 3.38. The van der Waals surface area contributed by atoms with Gasteiger partial charge in [0.2, 0.25) is 5.91 Å². The summed E-state index contributed by atoms with van der Waals surface area (Å²) in [5.41, 5.74) is 0.722. The van der Waals surface area contributed by atoms with Gasteiger partial charge in [0.25, 0.3) is 0 Å². The van der Waals surface area contributed by atoms with Crippen molar-refractivity contribution in [2.24, 2.45) is 0 Å². The lowest BCUT2D eigenvalue weighted by Gasteiger charge is -2.30. The molecule has 1 aliphatic rings. The van der Waals surface area contributed by atoms with E-state index < -0.39 is 12.1 Å². The Hall–Kier alpha value is -1.44. The summed E-state index contributed by atoms with van der Waals surface area (Å²) in [5, 5.41) is 2.83. The molecule has 6 nitrogen and oxygen atoms in total. The SMILES string of the molecule is COC(=O)C1CN(CC(=O)Nc2ccccc2Br)CCO1. The number of rotatable bonds is 4. The molecule has 0 saturated carbocycles. The Kier molecular flexibility index (Phi) is 5.72. The first-order valence-corrected chi connectivity index (χ1v) is 7.35. The van der Waals surface area contributed by atoms with Crippen LogP contribution in [0.3, 0.4) is 0 Å². The zero-order valence-electron chi connectivity index (χ0n) is 11.7. The molecule has 114 valence electrons. The highest BCUT2D eigenvalue weighted by Gasteiger charge is 2.28. The summed E-state index contributed by atoms with van der Waals surface area (Å²) in [7, 11) is 1.32. The van der Waals surface area contributed by atoms with Crippen molar-refractivity contribution in [1.82, 2.24) is 4.90 Å². The molecule has 1 saturated heterocycles. The largest absolute Gasteiger partial charge is 0.467 e. The number of nitrogens with one attached hydrogen (secondary N) is 1. The topological polar surface area (TPSA) is 67.9 Å². The number of esters is 1. The molecule has 1 fully saturated rings. The number of hydrogen-bond acceptors (Lipinski definition) is 5. The van der Waals surface area contributed by atoms with Crippen LogP contribution in [0.2, 0.25) is 0 Å². The number of halogens is 1. The fourth-order valence-electron chi connectivity index (χ4n) is 2.08.